The lowest BCUT2D eigenvalue weighted by atomic mass is 10.1. The Balaban J connectivity index is 1.12. The lowest BCUT2D eigenvalue weighted by Gasteiger charge is -2.14. The van der Waals surface area contributed by atoms with Crippen LogP contribution in [0.2, 0.25) is 0 Å². The molecule has 0 aliphatic heterocycles. The second kappa shape index (κ2) is 11.0. The lowest BCUT2D eigenvalue weighted by Crippen LogP contribution is -2.21. The van der Waals surface area contributed by atoms with Crippen LogP contribution in [0.5, 0.6) is 11.8 Å². The van der Waals surface area contributed by atoms with Crippen molar-refractivity contribution in [1.82, 2.24) is 24.3 Å². The number of urea groups is 1. The zero-order valence-corrected chi connectivity index (χ0v) is 21.6. The van der Waals surface area contributed by atoms with Crippen LogP contribution in [0.3, 0.4) is 0 Å². The smallest absolute Gasteiger partial charge is 0.417 e. The molecule has 0 fully saturated rings. The zero-order valence-electron chi connectivity index (χ0n) is 21.6. The topological polar surface area (TPSA) is 106 Å². The molecule has 0 saturated heterocycles. The molecule has 2 aromatic carbocycles. The number of nitrogens with zero attached hydrogens (tertiary/aromatic N) is 5. The van der Waals surface area contributed by atoms with E-state index >= 15 is 0 Å². The molecule has 4 heterocycles. The first-order valence-corrected chi connectivity index (χ1v) is 12.6. The molecule has 2 amide bonds. The van der Waals surface area contributed by atoms with Gasteiger partial charge in [-0.2, -0.15) is 13.2 Å². The van der Waals surface area contributed by atoms with Crippen LogP contribution in [0.4, 0.5) is 29.3 Å². The molecule has 12 heteroatoms. The van der Waals surface area contributed by atoms with Crippen molar-refractivity contribution in [1.29, 1.82) is 0 Å². The van der Waals surface area contributed by atoms with Crippen molar-refractivity contribution in [3.05, 3.63) is 115 Å². The summed E-state index contributed by atoms with van der Waals surface area (Å²) in [6.07, 6.45) is 2.46. The van der Waals surface area contributed by atoms with Gasteiger partial charge in [0.05, 0.1) is 46.9 Å². The highest BCUT2D eigenvalue weighted by Gasteiger charge is 2.32. The van der Waals surface area contributed by atoms with Crippen molar-refractivity contribution >= 4 is 23.1 Å². The van der Waals surface area contributed by atoms with Gasteiger partial charge in [-0.15, -0.1) is 0 Å². The Morgan fingerprint density at radius 1 is 0.762 bits per heavy atom. The number of anilines is 2. The normalized spacial score (nSPS) is 11.3. The van der Waals surface area contributed by atoms with Crippen LogP contribution in [0, 0.1) is 0 Å². The molecule has 0 atom stereocenters. The molecule has 0 saturated carbocycles. The number of fused-ring (bicyclic) bond motifs is 1. The molecule has 0 spiro atoms. The van der Waals surface area contributed by atoms with E-state index in [1.54, 1.807) is 48.7 Å². The first-order valence-electron chi connectivity index (χ1n) is 12.6. The highest BCUT2D eigenvalue weighted by Crippen LogP contribution is 2.34. The average molecular weight is 568 g/mol. The van der Waals surface area contributed by atoms with E-state index in [-0.39, 0.29) is 23.1 Å². The Labute approximate surface area is 236 Å². The predicted molar refractivity (Wildman–Crippen MR) is 150 cm³/mol. The Morgan fingerprint density at radius 3 is 2.24 bits per heavy atom. The first kappa shape index (κ1) is 26.4. The van der Waals surface area contributed by atoms with Crippen LogP contribution < -0.4 is 15.4 Å². The number of nitrogens with one attached hydrogen (secondary N) is 2. The Morgan fingerprint density at radius 2 is 1.50 bits per heavy atom. The minimum Gasteiger partial charge on any atom is -0.424 e. The molecular formula is C30H20F3N7O2. The number of hydrogen-bond donors (Lipinski definition) is 2. The molecule has 6 aromatic rings. The van der Waals surface area contributed by atoms with Gasteiger partial charge in [0.1, 0.15) is 11.4 Å². The van der Waals surface area contributed by atoms with E-state index in [4.69, 9.17) is 4.74 Å². The highest BCUT2D eigenvalue weighted by atomic mass is 19.4. The maximum absolute atomic E-state index is 13.3. The molecule has 0 aliphatic carbocycles. The Bertz CT molecular complexity index is 1860. The summed E-state index contributed by atoms with van der Waals surface area (Å²) in [7, 11) is 0. The number of rotatable bonds is 6. The fourth-order valence-electron chi connectivity index (χ4n) is 4.20. The van der Waals surface area contributed by atoms with Gasteiger partial charge in [-0.3, -0.25) is 9.38 Å². The van der Waals surface area contributed by atoms with Crippen LogP contribution in [-0.4, -0.2) is 30.4 Å². The second-order valence-electron chi connectivity index (χ2n) is 9.02. The van der Waals surface area contributed by atoms with E-state index in [0.717, 1.165) is 29.2 Å². The summed E-state index contributed by atoms with van der Waals surface area (Å²) in [6, 6.07) is 21.7. The van der Waals surface area contributed by atoms with Gasteiger partial charge in [-0.25, -0.2) is 19.7 Å². The van der Waals surface area contributed by atoms with Crippen molar-refractivity contribution < 1.29 is 22.7 Å². The van der Waals surface area contributed by atoms with Crippen molar-refractivity contribution in [2.24, 2.45) is 0 Å². The highest BCUT2D eigenvalue weighted by molar-refractivity contribution is 6.01. The summed E-state index contributed by atoms with van der Waals surface area (Å²) >= 11 is 0. The average Bonchev–Trinajstić information content (AvgIpc) is 3.43. The molecule has 9 nitrogen and oxygen atoms in total. The molecule has 4 aromatic heterocycles. The maximum Gasteiger partial charge on any atom is 0.417 e. The molecule has 208 valence electrons. The van der Waals surface area contributed by atoms with E-state index in [9.17, 15) is 18.0 Å². The summed E-state index contributed by atoms with van der Waals surface area (Å²) in [6.45, 7) is 0. The predicted octanol–water partition coefficient (Wildman–Crippen LogP) is 7.31. The molecule has 2 N–H and O–H groups in total. The number of carbonyl (C=O) groups is 1. The van der Waals surface area contributed by atoms with Crippen LogP contribution >= 0.6 is 0 Å². The SMILES string of the molecule is O=C(Nc1cnc(Oc2ccc(-c3cnc4ccccn34)cc2)nc1)Nc1cc(C(F)(F)F)cnc1-c1ccccc1. The fraction of sp³-hybridized carbons (Fsp3) is 0.0333. The largest absolute Gasteiger partial charge is 0.424 e. The fourth-order valence-corrected chi connectivity index (χ4v) is 4.20. The van der Waals surface area contributed by atoms with Crippen LogP contribution in [-0.2, 0) is 6.18 Å². The minimum atomic E-state index is -4.63. The van der Waals surface area contributed by atoms with E-state index in [1.807, 2.05) is 40.9 Å². The molecule has 0 bridgehead atoms. The van der Waals surface area contributed by atoms with E-state index in [1.165, 1.54) is 12.4 Å². The number of ether oxygens (including phenoxy) is 1. The second-order valence-corrected chi connectivity index (χ2v) is 9.02. The number of carbonyl (C=O) groups excluding carboxylic acids is 1. The molecule has 6 rings (SSSR count). The molecule has 42 heavy (non-hydrogen) atoms. The number of pyridine rings is 2. The summed E-state index contributed by atoms with van der Waals surface area (Å²) in [4.78, 5) is 29.3. The third-order valence-electron chi connectivity index (χ3n) is 6.17. The lowest BCUT2D eigenvalue weighted by molar-refractivity contribution is -0.137. The zero-order chi connectivity index (χ0) is 29.1. The van der Waals surface area contributed by atoms with Gasteiger partial charge in [-0.05, 0) is 42.5 Å². The first-order chi connectivity index (χ1) is 20.3. The maximum atomic E-state index is 13.3. The molecule has 0 radical (unpaired) electrons. The van der Waals surface area contributed by atoms with E-state index in [2.05, 4.69) is 30.6 Å². The molecular weight excluding hydrogens is 547 g/mol. The standard InChI is InChI=1S/C30H20F3N7O2/c31-30(32,33)21-14-24(27(35-15-21)20-6-2-1-3-7-20)39-28(41)38-22-16-36-29(37-17-22)42-23-11-9-19(10-12-23)25-18-34-26-8-4-5-13-40(25)26/h1-18H,(H2,38,39,41). The van der Waals surface area contributed by atoms with Crippen LogP contribution in [0.25, 0.3) is 28.2 Å². The van der Waals surface area contributed by atoms with Gasteiger partial charge in [0.25, 0.3) is 0 Å². The van der Waals surface area contributed by atoms with Crippen molar-refractivity contribution in [3.8, 4) is 34.3 Å². The summed E-state index contributed by atoms with van der Waals surface area (Å²) in [5, 5.41) is 4.95. The van der Waals surface area contributed by atoms with E-state index < -0.39 is 17.8 Å². The number of benzene rings is 2. The number of aromatic nitrogens is 5. The summed E-state index contributed by atoms with van der Waals surface area (Å²) in [5.41, 5.74) is 2.54. The van der Waals surface area contributed by atoms with Crippen LogP contribution in [0.1, 0.15) is 5.56 Å². The Hall–Kier alpha value is -5.78. The quantitative estimate of drug-likeness (QED) is 0.219. The van der Waals surface area contributed by atoms with Gasteiger partial charge in [0.2, 0.25) is 0 Å². The van der Waals surface area contributed by atoms with Gasteiger partial charge in [0.15, 0.2) is 0 Å². The number of hydrogen-bond acceptors (Lipinski definition) is 6. The van der Waals surface area contributed by atoms with Gasteiger partial charge < -0.3 is 15.4 Å². The molecule has 0 unspecified atom stereocenters. The minimum absolute atomic E-state index is 0.0388. The summed E-state index contributed by atoms with van der Waals surface area (Å²) in [5.74, 6) is 0.497. The molecule has 0 aliphatic rings. The van der Waals surface area contributed by atoms with Crippen LogP contribution in [0.15, 0.2) is 110 Å². The third-order valence-corrected chi connectivity index (χ3v) is 6.17. The van der Waals surface area contributed by atoms with Crippen molar-refractivity contribution in [2.45, 2.75) is 6.18 Å². The number of imidazole rings is 1. The number of alkyl halides is 3. The number of halogens is 3. The van der Waals surface area contributed by atoms with Crippen molar-refractivity contribution in [2.75, 3.05) is 10.6 Å². The third kappa shape index (κ3) is 5.72. The monoisotopic (exact) mass is 567 g/mol. The summed E-state index contributed by atoms with van der Waals surface area (Å²) < 4.78 is 47.7. The van der Waals surface area contributed by atoms with Gasteiger partial charge >= 0.3 is 18.2 Å². The van der Waals surface area contributed by atoms with Gasteiger partial charge in [0, 0.05) is 23.5 Å². The number of amides is 2. The van der Waals surface area contributed by atoms with E-state index in [0.29, 0.717) is 11.3 Å². The Kier molecular flexibility index (Phi) is 6.93. The van der Waals surface area contributed by atoms with Crippen molar-refractivity contribution in [3.63, 3.8) is 0 Å². The van der Waals surface area contributed by atoms with Gasteiger partial charge in [-0.1, -0.05) is 36.4 Å².